The molecule has 5 heteroatoms. The monoisotopic (exact) mass is 324 g/mol. The number of hydrogen-bond donors (Lipinski definition) is 3. The summed E-state index contributed by atoms with van der Waals surface area (Å²) in [6.07, 6.45) is 0. The molecule has 1 amide bonds. The number of aromatic amines is 1. The quantitative estimate of drug-likeness (QED) is 0.673. The average molecular weight is 324 g/mol. The number of aromatic nitrogens is 1. The lowest BCUT2D eigenvalue weighted by atomic mass is 10.1. The summed E-state index contributed by atoms with van der Waals surface area (Å²) in [6, 6.07) is 13.0. The van der Waals surface area contributed by atoms with Crippen molar-refractivity contribution in [1.82, 2.24) is 4.98 Å². The number of aliphatic hydroxyl groups is 1. The molecule has 3 rings (SSSR count). The molecule has 0 bridgehead atoms. The van der Waals surface area contributed by atoms with Gasteiger partial charge in [-0.1, -0.05) is 6.07 Å². The number of carbonyl (C=O) groups is 1. The van der Waals surface area contributed by atoms with Gasteiger partial charge < -0.3 is 20.1 Å². The van der Waals surface area contributed by atoms with E-state index in [4.69, 9.17) is 9.84 Å². The molecule has 0 aliphatic heterocycles. The lowest BCUT2D eigenvalue weighted by Gasteiger charge is -2.06. The predicted octanol–water partition coefficient (Wildman–Crippen LogP) is 3.41. The van der Waals surface area contributed by atoms with Gasteiger partial charge in [0.25, 0.3) is 5.91 Å². The van der Waals surface area contributed by atoms with Crippen LogP contribution in [0, 0.1) is 13.8 Å². The Labute approximate surface area is 140 Å². The molecule has 2 aromatic carbocycles. The summed E-state index contributed by atoms with van der Waals surface area (Å²) >= 11 is 0. The predicted molar refractivity (Wildman–Crippen MR) is 94.7 cm³/mol. The molecule has 0 saturated carbocycles. The molecule has 0 aliphatic rings. The smallest absolute Gasteiger partial charge is 0.272 e. The van der Waals surface area contributed by atoms with Gasteiger partial charge in [-0.2, -0.15) is 0 Å². The number of hydrogen-bond acceptors (Lipinski definition) is 3. The zero-order chi connectivity index (χ0) is 17.1. The Bertz CT molecular complexity index is 866. The van der Waals surface area contributed by atoms with Crippen LogP contribution in [0.2, 0.25) is 0 Å². The van der Waals surface area contributed by atoms with Crippen molar-refractivity contribution in [3.63, 3.8) is 0 Å². The summed E-state index contributed by atoms with van der Waals surface area (Å²) in [7, 11) is 0. The SMILES string of the molecule is Cc1ccc2[nH]c(C(=O)Nc3ccc(OCCO)cc3)cc2c1C. The summed E-state index contributed by atoms with van der Waals surface area (Å²) in [4.78, 5) is 15.6. The summed E-state index contributed by atoms with van der Waals surface area (Å²) in [6.45, 7) is 4.33. The van der Waals surface area contributed by atoms with Gasteiger partial charge in [-0.25, -0.2) is 0 Å². The van der Waals surface area contributed by atoms with Crippen molar-refractivity contribution in [3.8, 4) is 5.75 Å². The van der Waals surface area contributed by atoms with Crippen molar-refractivity contribution in [2.75, 3.05) is 18.5 Å². The van der Waals surface area contributed by atoms with Crippen LogP contribution in [0.25, 0.3) is 10.9 Å². The van der Waals surface area contributed by atoms with E-state index in [1.54, 1.807) is 24.3 Å². The molecular weight excluding hydrogens is 304 g/mol. The van der Waals surface area contributed by atoms with Gasteiger partial charge in [0.1, 0.15) is 18.1 Å². The lowest BCUT2D eigenvalue weighted by Crippen LogP contribution is -2.12. The topological polar surface area (TPSA) is 74.4 Å². The highest BCUT2D eigenvalue weighted by molar-refractivity contribution is 6.06. The van der Waals surface area contributed by atoms with Gasteiger partial charge in [0.05, 0.1) is 6.61 Å². The van der Waals surface area contributed by atoms with Crippen LogP contribution in [0.3, 0.4) is 0 Å². The molecule has 0 atom stereocenters. The molecular formula is C19H20N2O3. The minimum atomic E-state index is -0.188. The zero-order valence-electron chi connectivity index (χ0n) is 13.7. The fourth-order valence-corrected chi connectivity index (χ4v) is 2.58. The average Bonchev–Trinajstić information content (AvgIpc) is 3.03. The van der Waals surface area contributed by atoms with Crippen LogP contribution in [0.4, 0.5) is 5.69 Å². The van der Waals surface area contributed by atoms with E-state index in [1.807, 2.05) is 18.2 Å². The van der Waals surface area contributed by atoms with Gasteiger partial charge in [-0.15, -0.1) is 0 Å². The van der Waals surface area contributed by atoms with Crippen molar-refractivity contribution in [2.24, 2.45) is 0 Å². The molecule has 0 fully saturated rings. The number of amides is 1. The van der Waals surface area contributed by atoms with E-state index in [-0.39, 0.29) is 19.1 Å². The summed E-state index contributed by atoms with van der Waals surface area (Å²) in [5, 5.41) is 12.7. The number of ether oxygens (including phenoxy) is 1. The third-order valence-electron chi connectivity index (χ3n) is 4.06. The highest BCUT2D eigenvalue weighted by atomic mass is 16.5. The number of aryl methyl sites for hydroxylation is 2. The third kappa shape index (κ3) is 3.26. The largest absolute Gasteiger partial charge is 0.491 e. The van der Waals surface area contributed by atoms with Gasteiger partial charge >= 0.3 is 0 Å². The van der Waals surface area contributed by atoms with Crippen molar-refractivity contribution in [2.45, 2.75) is 13.8 Å². The van der Waals surface area contributed by atoms with Gasteiger partial charge in [0.15, 0.2) is 0 Å². The maximum atomic E-state index is 12.4. The number of aliphatic hydroxyl groups excluding tert-OH is 1. The van der Waals surface area contributed by atoms with Gasteiger partial charge in [0.2, 0.25) is 0 Å². The number of fused-ring (bicyclic) bond motifs is 1. The van der Waals surface area contributed by atoms with Gasteiger partial charge in [-0.05, 0) is 61.4 Å². The van der Waals surface area contributed by atoms with Gasteiger partial charge in [-0.3, -0.25) is 4.79 Å². The second-order valence-corrected chi connectivity index (χ2v) is 5.70. The summed E-state index contributed by atoms with van der Waals surface area (Å²) in [5.74, 6) is 0.464. The Morgan fingerprint density at radius 2 is 1.92 bits per heavy atom. The van der Waals surface area contributed by atoms with Gasteiger partial charge in [0, 0.05) is 16.6 Å². The van der Waals surface area contributed by atoms with Crippen LogP contribution < -0.4 is 10.1 Å². The fraction of sp³-hybridized carbons (Fsp3) is 0.211. The second-order valence-electron chi connectivity index (χ2n) is 5.70. The first-order chi connectivity index (χ1) is 11.6. The molecule has 0 spiro atoms. The van der Waals surface area contributed by atoms with Crippen LogP contribution in [-0.4, -0.2) is 29.2 Å². The number of anilines is 1. The normalized spacial score (nSPS) is 10.8. The maximum absolute atomic E-state index is 12.4. The molecule has 124 valence electrons. The van der Waals surface area contributed by atoms with Crippen LogP contribution in [-0.2, 0) is 0 Å². The molecule has 1 heterocycles. The summed E-state index contributed by atoms with van der Waals surface area (Å²) < 4.78 is 5.30. The first kappa shape index (κ1) is 16.1. The standard InChI is InChI=1S/C19H20N2O3/c1-12-3-8-17-16(13(12)2)11-18(21-17)19(23)20-14-4-6-15(7-5-14)24-10-9-22/h3-8,11,21-22H,9-10H2,1-2H3,(H,20,23). The molecule has 0 radical (unpaired) electrons. The lowest BCUT2D eigenvalue weighted by molar-refractivity contribution is 0.102. The first-order valence-electron chi connectivity index (χ1n) is 7.82. The Kier molecular flexibility index (Phi) is 4.53. The van der Waals surface area contributed by atoms with E-state index in [2.05, 4.69) is 24.1 Å². The van der Waals surface area contributed by atoms with Crippen LogP contribution in [0.5, 0.6) is 5.75 Å². The van der Waals surface area contributed by atoms with Crippen LogP contribution >= 0.6 is 0 Å². The molecule has 3 N–H and O–H groups in total. The Morgan fingerprint density at radius 1 is 1.17 bits per heavy atom. The Morgan fingerprint density at radius 3 is 2.62 bits per heavy atom. The van der Waals surface area contributed by atoms with Crippen LogP contribution in [0.15, 0.2) is 42.5 Å². The van der Waals surface area contributed by atoms with Crippen molar-refractivity contribution < 1.29 is 14.6 Å². The highest BCUT2D eigenvalue weighted by Gasteiger charge is 2.11. The molecule has 0 unspecified atom stereocenters. The third-order valence-corrected chi connectivity index (χ3v) is 4.06. The van der Waals surface area contributed by atoms with Crippen LogP contribution in [0.1, 0.15) is 21.6 Å². The van der Waals surface area contributed by atoms with E-state index in [0.29, 0.717) is 17.1 Å². The van der Waals surface area contributed by atoms with Crippen molar-refractivity contribution >= 4 is 22.5 Å². The zero-order valence-corrected chi connectivity index (χ0v) is 13.7. The van der Waals surface area contributed by atoms with E-state index in [9.17, 15) is 4.79 Å². The molecule has 0 aliphatic carbocycles. The highest BCUT2D eigenvalue weighted by Crippen LogP contribution is 2.23. The molecule has 5 nitrogen and oxygen atoms in total. The van der Waals surface area contributed by atoms with Crippen molar-refractivity contribution in [3.05, 3.63) is 59.3 Å². The number of benzene rings is 2. The molecule has 1 aromatic heterocycles. The Hall–Kier alpha value is -2.79. The van der Waals surface area contributed by atoms with Crippen molar-refractivity contribution in [1.29, 1.82) is 0 Å². The first-order valence-corrected chi connectivity index (χ1v) is 7.82. The number of nitrogens with one attached hydrogen (secondary N) is 2. The molecule has 3 aromatic rings. The second kappa shape index (κ2) is 6.76. The minimum absolute atomic E-state index is 0.0300. The number of rotatable bonds is 5. The number of H-pyrrole nitrogens is 1. The van der Waals surface area contributed by atoms with E-state index in [1.165, 1.54) is 11.1 Å². The fourth-order valence-electron chi connectivity index (χ4n) is 2.58. The minimum Gasteiger partial charge on any atom is -0.491 e. The number of carbonyl (C=O) groups excluding carboxylic acids is 1. The molecule has 24 heavy (non-hydrogen) atoms. The summed E-state index contributed by atoms with van der Waals surface area (Å²) in [5.41, 5.74) is 4.54. The molecule has 0 saturated heterocycles. The van der Waals surface area contributed by atoms with E-state index in [0.717, 1.165) is 10.9 Å². The Balaban J connectivity index is 1.76. The maximum Gasteiger partial charge on any atom is 0.272 e. The van der Waals surface area contributed by atoms with E-state index >= 15 is 0 Å². The van der Waals surface area contributed by atoms with E-state index < -0.39 is 0 Å².